The zero-order valence-electron chi connectivity index (χ0n) is 14.8. The first-order valence-electron chi connectivity index (χ1n) is 8.41. The first-order valence-corrected chi connectivity index (χ1v) is 10.2. The molecule has 0 bridgehead atoms. The van der Waals surface area contributed by atoms with Gasteiger partial charge in [0.05, 0.1) is 28.1 Å². The number of carbonyl (C=O) groups is 1. The number of hydrogen-bond acceptors (Lipinski definition) is 9. The van der Waals surface area contributed by atoms with E-state index in [9.17, 15) is 4.79 Å². The van der Waals surface area contributed by atoms with Gasteiger partial charge < -0.3 is 14.5 Å². The summed E-state index contributed by atoms with van der Waals surface area (Å²) in [6.07, 6.45) is 3.30. The molecule has 0 aliphatic heterocycles. The van der Waals surface area contributed by atoms with E-state index in [2.05, 4.69) is 25.5 Å². The van der Waals surface area contributed by atoms with E-state index < -0.39 is 0 Å². The average molecular weight is 413 g/mol. The third kappa shape index (κ3) is 4.29. The molecule has 4 aromatic rings. The summed E-state index contributed by atoms with van der Waals surface area (Å²) in [7, 11) is 0. The second-order valence-electron chi connectivity index (χ2n) is 5.53. The molecule has 0 saturated heterocycles. The highest BCUT2D eigenvalue weighted by molar-refractivity contribution is 7.99. The van der Waals surface area contributed by atoms with Gasteiger partial charge in [-0.3, -0.25) is 9.78 Å². The molecule has 28 heavy (non-hydrogen) atoms. The molecular weight excluding hydrogens is 398 g/mol. The summed E-state index contributed by atoms with van der Waals surface area (Å²) in [4.78, 5) is 20.7. The number of nitrogens with one attached hydrogen (secondary N) is 1. The number of thioether (sulfide) groups is 1. The lowest BCUT2D eigenvalue weighted by atomic mass is 10.3. The number of thiazole rings is 1. The molecule has 1 amide bonds. The Morgan fingerprint density at radius 2 is 2.25 bits per heavy atom. The summed E-state index contributed by atoms with van der Waals surface area (Å²) in [5, 5.41) is 11.6. The number of pyridine rings is 1. The van der Waals surface area contributed by atoms with Gasteiger partial charge in [0.25, 0.3) is 5.22 Å². The molecule has 3 aromatic heterocycles. The number of carbonyl (C=O) groups excluding carboxylic acids is 1. The molecule has 0 radical (unpaired) electrons. The minimum absolute atomic E-state index is 0.134. The van der Waals surface area contributed by atoms with Crippen LogP contribution in [0.5, 0.6) is 5.75 Å². The number of anilines is 1. The lowest BCUT2D eigenvalue weighted by Gasteiger charge is -2.00. The lowest BCUT2D eigenvalue weighted by molar-refractivity contribution is -0.113. The molecule has 0 saturated carbocycles. The molecule has 10 heteroatoms. The van der Waals surface area contributed by atoms with E-state index in [4.69, 9.17) is 9.15 Å². The molecule has 8 nitrogen and oxygen atoms in total. The second kappa shape index (κ2) is 8.36. The monoisotopic (exact) mass is 413 g/mol. The molecule has 1 aromatic carbocycles. The zero-order chi connectivity index (χ0) is 19.3. The third-order valence-corrected chi connectivity index (χ3v) is 5.33. The minimum Gasteiger partial charge on any atom is -0.494 e. The van der Waals surface area contributed by atoms with E-state index in [1.807, 2.05) is 31.2 Å². The van der Waals surface area contributed by atoms with Crippen LogP contribution in [0, 0.1) is 0 Å². The maximum Gasteiger partial charge on any atom is 0.277 e. The minimum atomic E-state index is -0.199. The summed E-state index contributed by atoms with van der Waals surface area (Å²) in [5.74, 6) is 1.06. The van der Waals surface area contributed by atoms with Gasteiger partial charge in [-0.05, 0) is 31.2 Å². The Morgan fingerprint density at radius 3 is 3.07 bits per heavy atom. The molecule has 0 unspecified atom stereocenters. The van der Waals surface area contributed by atoms with Crippen LogP contribution in [0.25, 0.3) is 21.7 Å². The fraction of sp³-hybridized carbons (Fsp3) is 0.167. The number of hydrogen-bond donors (Lipinski definition) is 1. The van der Waals surface area contributed by atoms with Crippen LogP contribution in [0.1, 0.15) is 6.92 Å². The van der Waals surface area contributed by atoms with Crippen molar-refractivity contribution in [3.63, 3.8) is 0 Å². The predicted molar refractivity (Wildman–Crippen MR) is 108 cm³/mol. The molecule has 0 aliphatic carbocycles. The third-order valence-electron chi connectivity index (χ3n) is 3.56. The van der Waals surface area contributed by atoms with Crippen molar-refractivity contribution in [1.82, 2.24) is 20.2 Å². The number of aromatic nitrogens is 4. The highest BCUT2D eigenvalue weighted by atomic mass is 32.2. The predicted octanol–water partition coefficient (Wildman–Crippen LogP) is 3.87. The van der Waals surface area contributed by atoms with Crippen LogP contribution in [-0.2, 0) is 4.79 Å². The number of amides is 1. The van der Waals surface area contributed by atoms with E-state index in [1.165, 1.54) is 11.3 Å². The van der Waals surface area contributed by atoms with E-state index >= 15 is 0 Å². The molecule has 142 valence electrons. The van der Waals surface area contributed by atoms with E-state index in [-0.39, 0.29) is 11.7 Å². The Bertz CT molecular complexity index is 1100. The van der Waals surface area contributed by atoms with Gasteiger partial charge in [0, 0.05) is 18.5 Å². The van der Waals surface area contributed by atoms with E-state index in [0.717, 1.165) is 33.3 Å². The first kappa shape index (κ1) is 18.4. The average Bonchev–Trinajstić information content (AvgIpc) is 3.33. The van der Waals surface area contributed by atoms with Crippen LogP contribution in [0.3, 0.4) is 0 Å². The molecule has 0 atom stereocenters. The molecule has 0 aliphatic rings. The number of benzene rings is 1. The van der Waals surface area contributed by atoms with Crippen LogP contribution in [0.15, 0.2) is 52.4 Å². The van der Waals surface area contributed by atoms with Gasteiger partial charge >= 0.3 is 0 Å². The van der Waals surface area contributed by atoms with Crippen molar-refractivity contribution in [2.75, 3.05) is 17.7 Å². The molecular formula is C18H15N5O3S2. The van der Waals surface area contributed by atoms with E-state index in [1.54, 1.807) is 18.5 Å². The number of rotatable bonds is 7. The highest BCUT2D eigenvalue weighted by Gasteiger charge is 2.13. The SMILES string of the molecule is CCOc1ccc2sc(NC(=O)CSc3nnc(-c4cccnc4)o3)nc2c1. The Hall–Kier alpha value is -2.98. The van der Waals surface area contributed by atoms with Crippen molar-refractivity contribution < 1.29 is 13.9 Å². The summed E-state index contributed by atoms with van der Waals surface area (Å²) in [6.45, 7) is 2.52. The van der Waals surface area contributed by atoms with Gasteiger partial charge in [-0.1, -0.05) is 23.1 Å². The maximum atomic E-state index is 12.2. The van der Waals surface area contributed by atoms with E-state index in [0.29, 0.717) is 22.9 Å². The molecule has 1 N–H and O–H groups in total. The van der Waals surface area contributed by atoms with Crippen molar-refractivity contribution >= 4 is 44.4 Å². The van der Waals surface area contributed by atoms with Gasteiger partial charge in [-0.25, -0.2) is 4.98 Å². The fourth-order valence-corrected chi connectivity index (χ4v) is 3.80. The topological polar surface area (TPSA) is 103 Å². The second-order valence-corrected chi connectivity index (χ2v) is 7.49. The van der Waals surface area contributed by atoms with Gasteiger partial charge in [0.2, 0.25) is 11.8 Å². The number of fused-ring (bicyclic) bond motifs is 1. The normalized spacial score (nSPS) is 10.9. The quantitative estimate of drug-likeness (QED) is 0.456. The van der Waals surface area contributed by atoms with Gasteiger partial charge in [-0.15, -0.1) is 10.2 Å². The number of ether oxygens (including phenoxy) is 1. The zero-order valence-corrected chi connectivity index (χ0v) is 16.4. The maximum absolute atomic E-state index is 12.2. The standard InChI is InChI=1S/C18H15N5O3S2/c1-2-25-12-5-6-14-13(8-12)20-17(28-14)21-15(24)10-27-18-23-22-16(26-18)11-4-3-7-19-9-11/h3-9H,2,10H2,1H3,(H,20,21,24). The molecule has 0 spiro atoms. The van der Waals surface area contributed by atoms with Gasteiger partial charge in [-0.2, -0.15) is 0 Å². The summed E-state index contributed by atoms with van der Waals surface area (Å²) >= 11 is 2.57. The smallest absolute Gasteiger partial charge is 0.277 e. The molecule has 0 fully saturated rings. The first-order chi connectivity index (χ1) is 13.7. The van der Waals surface area contributed by atoms with Crippen LogP contribution < -0.4 is 10.1 Å². The van der Waals surface area contributed by atoms with Crippen LogP contribution in [0.4, 0.5) is 5.13 Å². The fourth-order valence-electron chi connectivity index (χ4n) is 2.37. The molecule has 4 rings (SSSR count). The number of nitrogens with zero attached hydrogens (tertiary/aromatic N) is 4. The van der Waals surface area contributed by atoms with Gasteiger partial charge in [0.15, 0.2) is 5.13 Å². The van der Waals surface area contributed by atoms with Crippen molar-refractivity contribution in [1.29, 1.82) is 0 Å². The Balaban J connectivity index is 1.36. The van der Waals surface area contributed by atoms with Crippen LogP contribution in [0.2, 0.25) is 0 Å². The van der Waals surface area contributed by atoms with Crippen molar-refractivity contribution in [3.05, 3.63) is 42.7 Å². The molecule has 3 heterocycles. The summed E-state index contributed by atoms with van der Waals surface area (Å²) < 4.78 is 12.0. The van der Waals surface area contributed by atoms with Crippen molar-refractivity contribution in [2.24, 2.45) is 0 Å². The Kier molecular flexibility index (Phi) is 5.49. The summed E-state index contributed by atoms with van der Waals surface area (Å²) in [6, 6.07) is 9.29. The van der Waals surface area contributed by atoms with Crippen molar-refractivity contribution in [3.8, 4) is 17.2 Å². The lowest BCUT2D eigenvalue weighted by Crippen LogP contribution is -2.13. The Labute approximate surface area is 168 Å². The summed E-state index contributed by atoms with van der Waals surface area (Å²) in [5.41, 5.74) is 1.52. The highest BCUT2D eigenvalue weighted by Crippen LogP contribution is 2.29. The van der Waals surface area contributed by atoms with Crippen LogP contribution >= 0.6 is 23.1 Å². The van der Waals surface area contributed by atoms with Crippen LogP contribution in [-0.4, -0.2) is 38.4 Å². The largest absolute Gasteiger partial charge is 0.494 e. The van der Waals surface area contributed by atoms with Crippen molar-refractivity contribution in [2.45, 2.75) is 12.1 Å². The Morgan fingerprint density at radius 1 is 1.32 bits per heavy atom. The van der Waals surface area contributed by atoms with Gasteiger partial charge in [0.1, 0.15) is 5.75 Å².